The molecule has 0 aliphatic carbocycles. The van der Waals surface area contributed by atoms with Crippen LogP contribution >= 0.6 is 0 Å². The normalized spacial score (nSPS) is 22.2. The fraction of sp³-hybridized carbons (Fsp3) is 0.800. The Balaban J connectivity index is 2.26. The van der Waals surface area contributed by atoms with Crippen LogP contribution in [0, 0.1) is 0 Å². The highest BCUT2D eigenvalue weighted by molar-refractivity contribution is 5.84. The molecule has 1 fully saturated rings. The largest absolute Gasteiger partial charge is 0.467 e. The van der Waals surface area contributed by atoms with Crippen molar-refractivity contribution in [3.05, 3.63) is 0 Å². The van der Waals surface area contributed by atoms with E-state index in [2.05, 4.69) is 15.4 Å². The Labute approximate surface area is 94.7 Å². The van der Waals surface area contributed by atoms with Crippen molar-refractivity contribution in [2.75, 3.05) is 26.8 Å². The molecular weight excluding hydrogens is 212 g/mol. The zero-order chi connectivity index (χ0) is 12.0. The molecule has 0 saturated carbocycles. The van der Waals surface area contributed by atoms with Crippen molar-refractivity contribution in [1.82, 2.24) is 10.6 Å². The number of hydrogen-bond acceptors (Lipinski definition) is 5. The first-order valence-corrected chi connectivity index (χ1v) is 5.33. The fourth-order valence-corrected chi connectivity index (χ4v) is 1.49. The molecule has 6 nitrogen and oxygen atoms in total. The van der Waals surface area contributed by atoms with Crippen molar-refractivity contribution in [2.45, 2.75) is 25.5 Å². The molecule has 2 atom stereocenters. The molecular formula is C10H18N2O4. The van der Waals surface area contributed by atoms with Gasteiger partial charge in [0.05, 0.1) is 26.2 Å². The average Bonchev–Trinajstić information content (AvgIpc) is 2.29. The molecule has 0 aromatic carbocycles. The molecule has 6 heteroatoms. The molecule has 0 spiro atoms. The molecule has 0 aromatic heterocycles. The maximum atomic E-state index is 11.5. The Morgan fingerprint density at radius 1 is 1.62 bits per heavy atom. The molecule has 92 valence electrons. The van der Waals surface area contributed by atoms with Gasteiger partial charge in [-0.25, -0.2) is 4.79 Å². The average molecular weight is 230 g/mol. The van der Waals surface area contributed by atoms with Gasteiger partial charge in [0.1, 0.15) is 6.04 Å². The van der Waals surface area contributed by atoms with Gasteiger partial charge >= 0.3 is 5.97 Å². The van der Waals surface area contributed by atoms with E-state index in [9.17, 15) is 9.59 Å². The third-order valence-corrected chi connectivity index (χ3v) is 2.35. The van der Waals surface area contributed by atoms with Crippen molar-refractivity contribution in [3.63, 3.8) is 0 Å². The minimum absolute atomic E-state index is 0.112. The Hall–Kier alpha value is -1.14. The highest BCUT2D eigenvalue weighted by Gasteiger charge is 2.20. The first-order chi connectivity index (χ1) is 7.63. The zero-order valence-electron chi connectivity index (χ0n) is 9.62. The number of nitrogens with one attached hydrogen (secondary N) is 2. The van der Waals surface area contributed by atoms with Gasteiger partial charge in [0, 0.05) is 13.1 Å². The van der Waals surface area contributed by atoms with Gasteiger partial charge in [0.15, 0.2) is 0 Å². The predicted molar refractivity (Wildman–Crippen MR) is 56.8 cm³/mol. The maximum Gasteiger partial charge on any atom is 0.328 e. The Kier molecular flexibility index (Phi) is 5.21. The molecule has 1 heterocycles. The summed E-state index contributed by atoms with van der Waals surface area (Å²) in [5, 5.41) is 5.69. The lowest BCUT2D eigenvalue weighted by Crippen LogP contribution is -2.44. The lowest BCUT2D eigenvalue weighted by Gasteiger charge is -2.23. The smallest absolute Gasteiger partial charge is 0.328 e. The van der Waals surface area contributed by atoms with E-state index in [0.29, 0.717) is 13.2 Å². The molecule has 0 aromatic rings. The third kappa shape index (κ3) is 4.16. The van der Waals surface area contributed by atoms with Gasteiger partial charge < -0.3 is 20.1 Å². The van der Waals surface area contributed by atoms with Gasteiger partial charge in [-0.1, -0.05) is 0 Å². The summed E-state index contributed by atoms with van der Waals surface area (Å²) in [6, 6.07) is -0.617. The Morgan fingerprint density at radius 3 is 2.94 bits per heavy atom. The summed E-state index contributed by atoms with van der Waals surface area (Å²) in [6.07, 6.45) is 0.146. The number of methoxy groups -OCH3 is 1. The number of carbonyl (C=O) groups excluding carboxylic acids is 2. The lowest BCUT2D eigenvalue weighted by atomic mass is 10.2. The molecule has 1 amide bonds. The molecule has 1 saturated heterocycles. The first-order valence-electron chi connectivity index (χ1n) is 5.33. The van der Waals surface area contributed by atoms with E-state index in [-0.39, 0.29) is 18.4 Å². The van der Waals surface area contributed by atoms with E-state index in [1.807, 2.05) is 0 Å². The molecule has 1 aliphatic heterocycles. The molecule has 2 N–H and O–H groups in total. The van der Waals surface area contributed by atoms with Gasteiger partial charge in [0.25, 0.3) is 0 Å². The summed E-state index contributed by atoms with van der Waals surface area (Å²) >= 11 is 0. The minimum Gasteiger partial charge on any atom is -0.467 e. The second-order valence-electron chi connectivity index (χ2n) is 3.71. The van der Waals surface area contributed by atoms with Crippen molar-refractivity contribution < 1.29 is 19.1 Å². The fourth-order valence-electron chi connectivity index (χ4n) is 1.49. The topological polar surface area (TPSA) is 76.7 Å². The zero-order valence-corrected chi connectivity index (χ0v) is 9.62. The van der Waals surface area contributed by atoms with Crippen molar-refractivity contribution in [2.24, 2.45) is 0 Å². The van der Waals surface area contributed by atoms with Crippen molar-refractivity contribution >= 4 is 11.9 Å². The number of hydrogen-bond donors (Lipinski definition) is 2. The molecule has 0 radical (unpaired) electrons. The summed E-state index contributed by atoms with van der Waals surface area (Å²) in [4.78, 5) is 22.6. The van der Waals surface area contributed by atoms with Crippen LogP contribution in [0.25, 0.3) is 0 Å². The number of carbonyl (C=O) groups is 2. The lowest BCUT2D eigenvalue weighted by molar-refractivity contribution is -0.144. The van der Waals surface area contributed by atoms with Crippen LogP contribution in [0.3, 0.4) is 0 Å². The highest BCUT2D eigenvalue weighted by atomic mass is 16.5. The van der Waals surface area contributed by atoms with Gasteiger partial charge in [-0.15, -0.1) is 0 Å². The first kappa shape index (κ1) is 12.9. The van der Waals surface area contributed by atoms with Crippen LogP contribution in [0.15, 0.2) is 0 Å². The second kappa shape index (κ2) is 6.44. The van der Waals surface area contributed by atoms with Crippen LogP contribution in [0.4, 0.5) is 0 Å². The van der Waals surface area contributed by atoms with Gasteiger partial charge in [-0.2, -0.15) is 0 Å². The summed E-state index contributed by atoms with van der Waals surface area (Å²) < 4.78 is 9.88. The van der Waals surface area contributed by atoms with Crippen LogP contribution in [0.5, 0.6) is 0 Å². The second-order valence-corrected chi connectivity index (χ2v) is 3.71. The van der Waals surface area contributed by atoms with Crippen molar-refractivity contribution in [3.8, 4) is 0 Å². The van der Waals surface area contributed by atoms with Crippen LogP contribution < -0.4 is 10.6 Å². The summed E-state index contributed by atoms with van der Waals surface area (Å²) in [7, 11) is 1.29. The number of rotatable bonds is 4. The monoisotopic (exact) mass is 230 g/mol. The van der Waals surface area contributed by atoms with Crippen LogP contribution in [0.1, 0.15) is 13.3 Å². The van der Waals surface area contributed by atoms with E-state index in [1.54, 1.807) is 6.92 Å². The van der Waals surface area contributed by atoms with Crippen LogP contribution in [-0.4, -0.2) is 50.8 Å². The molecule has 16 heavy (non-hydrogen) atoms. The van der Waals surface area contributed by atoms with Gasteiger partial charge in [-0.3, -0.25) is 4.79 Å². The maximum absolute atomic E-state index is 11.5. The highest BCUT2D eigenvalue weighted by Crippen LogP contribution is 2.01. The quantitative estimate of drug-likeness (QED) is 0.608. The molecule has 1 aliphatic rings. The molecule has 1 rings (SSSR count). The SMILES string of the molecule is COC(=O)[C@H](C)NC(=O)CC1CNCCO1. The van der Waals surface area contributed by atoms with E-state index in [0.717, 1.165) is 6.54 Å². The minimum atomic E-state index is -0.617. The molecule has 0 bridgehead atoms. The number of ether oxygens (including phenoxy) is 2. The van der Waals surface area contributed by atoms with Crippen LogP contribution in [-0.2, 0) is 19.1 Å². The van der Waals surface area contributed by atoms with Crippen LogP contribution in [0.2, 0.25) is 0 Å². The van der Waals surface area contributed by atoms with E-state index in [1.165, 1.54) is 7.11 Å². The standard InChI is InChI=1S/C10H18N2O4/c1-7(10(14)15-2)12-9(13)5-8-6-11-3-4-16-8/h7-8,11H,3-6H2,1-2H3,(H,12,13)/t7-,8?/m0/s1. The molecule has 1 unspecified atom stereocenters. The van der Waals surface area contributed by atoms with E-state index < -0.39 is 12.0 Å². The van der Waals surface area contributed by atoms with Crippen molar-refractivity contribution in [1.29, 1.82) is 0 Å². The predicted octanol–water partition coefficient (Wildman–Crippen LogP) is -0.957. The third-order valence-electron chi connectivity index (χ3n) is 2.35. The van der Waals surface area contributed by atoms with Gasteiger partial charge in [0.2, 0.25) is 5.91 Å². The number of morpholine rings is 1. The van der Waals surface area contributed by atoms with E-state index >= 15 is 0 Å². The summed E-state index contributed by atoms with van der Waals surface area (Å²) in [5.74, 6) is -0.650. The summed E-state index contributed by atoms with van der Waals surface area (Å²) in [6.45, 7) is 3.69. The van der Waals surface area contributed by atoms with E-state index in [4.69, 9.17) is 4.74 Å². The number of esters is 1. The Morgan fingerprint density at radius 2 is 2.38 bits per heavy atom. The Bertz CT molecular complexity index is 251. The summed E-state index contributed by atoms with van der Waals surface area (Å²) in [5.41, 5.74) is 0. The number of amides is 1. The van der Waals surface area contributed by atoms with Gasteiger partial charge in [-0.05, 0) is 6.92 Å².